The zero-order chi connectivity index (χ0) is 35.6. The van der Waals surface area contributed by atoms with Crippen molar-refractivity contribution in [1.29, 1.82) is 0 Å². The number of carbonyl (C=O) groups excluding carboxylic acids is 2. The smallest absolute Gasteiger partial charge is 0.336 e. The largest absolute Gasteiger partial charge is 0.428 e. The van der Waals surface area contributed by atoms with Gasteiger partial charge in [0, 0.05) is 44.6 Å². The van der Waals surface area contributed by atoms with Gasteiger partial charge in [-0.1, -0.05) is 34.8 Å². The molecule has 0 saturated heterocycles. The summed E-state index contributed by atoms with van der Waals surface area (Å²) in [5.41, 5.74) is 4.69. The van der Waals surface area contributed by atoms with E-state index in [1.54, 1.807) is 23.6 Å². The number of ether oxygens (including phenoxy) is 1. The van der Waals surface area contributed by atoms with E-state index in [2.05, 4.69) is 31.2 Å². The summed E-state index contributed by atoms with van der Waals surface area (Å²) in [6, 6.07) is 17.8. The van der Waals surface area contributed by atoms with Gasteiger partial charge in [0.25, 0.3) is 5.56 Å². The number of anilines is 2. The van der Waals surface area contributed by atoms with Crippen molar-refractivity contribution in [2.75, 3.05) is 36.9 Å². The van der Waals surface area contributed by atoms with Crippen molar-refractivity contribution in [3.63, 3.8) is 0 Å². The molecule has 0 aliphatic rings. The Hall–Kier alpha value is -5.38. The molecule has 0 fully saturated rings. The molecule has 0 atom stereocenters. The number of aromatic nitrogens is 3. The first-order chi connectivity index (χ1) is 24.1. The van der Waals surface area contributed by atoms with E-state index in [1.807, 2.05) is 69.4 Å². The predicted octanol–water partition coefficient (Wildman–Crippen LogP) is 6.67. The highest BCUT2D eigenvalue weighted by Crippen LogP contribution is 2.31. The molecule has 15 heteroatoms. The van der Waals surface area contributed by atoms with Crippen molar-refractivity contribution < 1.29 is 18.7 Å². The molecule has 0 bridgehead atoms. The van der Waals surface area contributed by atoms with Gasteiger partial charge in [0.1, 0.15) is 5.76 Å². The fourth-order valence-electron chi connectivity index (χ4n) is 4.88. The van der Waals surface area contributed by atoms with Gasteiger partial charge in [-0.25, -0.2) is 24.4 Å². The van der Waals surface area contributed by atoms with E-state index >= 15 is 0 Å². The standard InChI is InChI=1S/C19H22N4O3S.C16H15N3O3S/c1-3-20-18(25)22-19-21-15-11-13(5-7-16(15)27-19)14-6-8-17(24)23(12-14)9-10-26-4-2;1-3-17-15(21)19-16-18-12-7-10(4-5-13(12)23-16)11-6-9(2)22-14(20)8-11/h5-8,11-12H,3-4,9-10H2,1-2H3,(H2,20,21,22,25);4-8H,3H2,1-2H3,(H2,17,18,19,21). The van der Waals surface area contributed by atoms with Crippen LogP contribution in [-0.2, 0) is 11.3 Å². The minimum Gasteiger partial charge on any atom is -0.428 e. The molecule has 4 N–H and O–H groups in total. The average Bonchev–Trinajstić information content (AvgIpc) is 3.67. The van der Waals surface area contributed by atoms with Crippen LogP contribution in [0.2, 0.25) is 0 Å². The number of nitrogens with zero attached hydrogens (tertiary/aromatic N) is 3. The Kier molecular flexibility index (Phi) is 12.1. The summed E-state index contributed by atoms with van der Waals surface area (Å²) in [5.74, 6) is 0.560. The molecule has 0 radical (unpaired) electrons. The number of fused-ring (bicyclic) bond motifs is 2. The molecular formula is C35H37N7O6S2. The first-order valence-corrected chi connectivity index (χ1v) is 17.6. The van der Waals surface area contributed by atoms with Gasteiger partial charge >= 0.3 is 17.7 Å². The van der Waals surface area contributed by atoms with E-state index in [0.717, 1.165) is 42.7 Å². The second-order valence-electron chi connectivity index (χ2n) is 10.8. The molecule has 0 aliphatic heterocycles. The zero-order valence-electron chi connectivity index (χ0n) is 28.0. The van der Waals surface area contributed by atoms with E-state index in [1.165, 1.54) is 28.7 Å². The van der Waals surface area contributed by atoms with Crippen LogP contribution in [0.5, 0.6) is 0 Å². The zero-order valence-corrected chi connectivity index (χ0v) is 29.6. The highest BCUT2D eigenvalue weighted by molar-refractivity contribution is 7.22. The minimum absolute atomic E-state index is 0.0541. The third kappa shape index (κ3) is 9.40. The molecule has 0 spiro atoms. The van der Waals surface area contributed by atoms with Crippen LogP contribution in [0.3, 0.4) is 0 Å². The molecule has 4 amide bonds. The molecule has 0 unspecified atom stereocenters. The first kappa shape index (κ1) is 35.9. The number of thiazole rings is 2. The Morgan fingerprint density at radius 1 is 0.760 bits per heavy atom. The second kappa shape index (κ2) is 16.8. The van der Waals surface area contributed by atoms with Gasteiger partial charge in [0.2, 0.25) is 0 Å². The lowest BCUT2D eigenvalue weighted by Gasteiger charge is -2.08. The van der Waals surface area contributed by atoms with Gasteiger partial charge in [-0.3, -0.25) is 15.4 Å². The quantitative estimate of drug-likeness (QED) is 0.114. The van der Waals surface area contributed by atoms with E-state index in [0.29, 0.717) is 48.9 Å². The summed E-state index contributed by atoms with van der Waals surface area (Å²) in [6.07, 6.45) is 1.84. The van der Waals surface area contributed by atoms with Crippen LogP contribution in [-0.4, -0.2) is 52.9 Å². The number of amides is 4. The molecular weight excluding hydrogens is 679 g/mol. The molecule has 4 aromatic heterocycles. The third-order valence-corrected chi connectivity index (χ3v) is 9.02. The SMILES string of the molecule is CCNC(=O)Nc1nc2cc(-c3cc(C)oc(=O)c3)ccc2s1.CCNC(=O)Nc1nc2cc(-c3ccc(=O)n(CCOCC)c3)ccc2s1. The van der Waals surface area contributed by atoms with Crippen LogP contribution in [0.4, 0.5) is 19.9 Å². The summed E-state index contributed by atoms with van der Waals surface area (Å²) in [7, 11) is 0. The molecule has 6 rings (SSSR count). The van der Waals surface area contributed by atoms with Gasteiger partial charge in [0.05, 0.1) is 27.0 Å². The summed E-state index contributed by atoms with van der Waals surface area (Å²) < 4.78 is 13.9. The maximum Gasteiger partial charge on any atom is 0.336 e. The van der Waals surface area contributed by atoms with Crippen LogP contribution in [0.25, 0.3) is 42.7 Å². The van der Waals surface area contributed by atoms with Crippen molar-refractivity contribution in [3.05, 3.63) is 93.4 Å². The molecule has 260 valence electrons. The number of rotatable bonds is 10. The van der Waals surface area contributed by atoms with Crippen LogP contribution in [0.1, 0.15) is 26.5 Å². The van der Waals surface area contributed by atoms with Gasteiger partial charge in [0.15, 0.2) is 10.3 Å². The number of hydrogen-bond donors (Lipinski definition) is 4. The minimum atomic E-state index is -0.378. The lowest BCUT2D eigenvalue weighted by atomic mass is 10.1. The Balaban J connectivity index is 0.000000197. The fraction of sp³-hybridized carbons (Fsp3) is 0.257. The average molecular weight is 716 g/mol. The van der Waals surface area contributed by atoms with Crippen molar-refractivity contribution >= 4 is 65.4 Å². The molecule has 0 saturated carbocycles. The predicted molar refractivity (Wildman–Crippen MR) is 200 cm³/mol. The topological polar surface area (TPSA) is 169 Å². The highest BCUT2D eigenvalue weighted by Gasteiger charge is 2.11. The van der Waals surface area contributed by atoms with Gasteiger partial charge in [-0.15, -0.1) is 0 Å². The van der Waals surface area contributed by atoms with E-state index in [9.17, 15) is 19.2 Å². The number of pyridine rings is 1. The summed E-state index contributed by atoms with van der Waals surface area (Å²) in [6.45, 7) is 10.1. The molecule has 6 aromatic rings. The second-order valence-corrected chi connectivity index (χ2v) is 12.9. The van der Waals surface area contributed by atoms with Crippen molar-refractivity contribution in [2.24, 2.45) is 0 Å². The van der Waals surface area contributed by atoms with Gasteiger partial charge < -0.3 is 24.4 Å². The van der Waals surface area contributed by atoms with E-state index < -0.39 is 0 Å². The maximum absolute atomic E-state index is 12.0. The number of carbonyl (C=O) groups is 2. The Morgan fingerprint density at radius 2 is 1.32 bits per heavy atom. The Morgan fingerprint density at radius 3 is 1.86 bits per heavy atom. The van der Waals surface area contributed by atoms with E-state index in [4.69, 9.17) is 9.15 Å². The number of aryl methyl sites for hydroxylation is 1. The Labute approximate surface area is 295 Å². The summed E-state index contributed by atoms with van der Waals surface area (Å²) in [5, 5.41) is 11.9. The summed E-state index contributed by atoms with van der Waals surface area (Å²) in [4.78, 5) is 55.6. The first-order valence-electron chi connectivity index (χ1n) is 16.0. The number of nitrogens with one attached hydrogen (secondary N) is 4. The van der Waals surface area contributed by atoms with Gasteiger partial charge in [-0.2, -0.15) is 0 Å². The van der Waals surface area contributed by atoms with Crippen LogP contribution < -0.4 is 32.5 Å². The monoisotopic (exact) mass is 715 g/mol. The number of urea groups is 2. The fourth-order valence-corrected chi connectivity index (χ4v) is 6.56. The van der Waals surface area contributed by atoms with Crippen LogP contribution in [0, 0.1) is 6.92 Å². The Bertz CT molecular complexity index is 2240. The lowest BCUT2D eigenvalue weighted by Crippen LogP contribution is -2.28. The van der Waals surface area contributed by atoms with Crippen molar-refractivity contribution in [1.82, 2.24) is 25.2 Å². The molecule has 13 nitrogen and oxygen atoms in total. The maximum atomic E-state index is 12.0. The molecule has 4 heterocycles. The highest BCUT2D eigenvalue weighted by atomic mass is 32.1. The summed E-state index contributed by atoms with van der Waals surface area (Å²) >= 11 is 2.82. The molecule has 2 aromatic carbocycles. The third-order valence-electron chi connectivity index (χ3n) is 7.12. The van der Waals surface area contributed by atoms with Gasteiger partial charge in [-0.05, 0) is 86.3 Å². The lowest BCUT2D eigenvalue weighted by molar-refractivity contribution is 0.138. The van der Waals surface area contributed by atoms with Crippen molar-refractivity contribution in [3.8, 4) is 22.3 Å². The van der Waals surface area contributed by atoms with E-state index in [-0.39, 0.29) is 23.2 Å². The number of hydrogen-bond acceptors (Lipinski definition) is 10. The molecule has 0 aliphatic carbocycles. The van der Waals surface area contributed by atoms with Crippen LogP contribution >= 0.6 is 22.7 Å². The number of benzene rings is 2. The van der Waals surface area contributed by atoms with Crippen molar-refractivity contribution in [2.45, 2.75) is 34.2 Å². The van der Waals surface area contributed by atoms with Crippen LogP contribution in [0.15, 0.2) is 80.9 Å². The molecule has 50 heavy (non-hydrogen) atoms. The normalized spacial score (nSPS) is 10.8.